The Morgan fingerprint density at radius 3 is 2.73 bits per heavy atom. The Morgan fingerprint density at radius 2 is 2.04 bits per heavy atom. The Labute approximate surface area is 157 Å². The molecule has 0 spiro atoms. The Bertz CT molecular complexity index is 673. The number of methoxy groups -OCH3 is 1. The number of aryl methyl sites for hydroxylation is 1. The molecule has 1 aromatic rings. The molecular weight excluding hydrogens is 352 g/mol. The highest BCUT2D eigenvalue weighted by atomic mass is 32.2. The third-order valence-electron chi connectivity index (χ3n) is 4.77. The van der Waals surface area contributed by atoms with E-state index in [9.17, 15) is 13.2 Å². The van der Waals surface area contributed by atoms with Gasteiger partial charge in [-0.25, -0.2) is 8.42 Å². The quantitative estimate of drug-likeness (QED) is 0.665. The van der Waals surface area contributed by atoms with Crippen LogP contribution in [-0.2, 0) is 19.6 Å². The minimum Gasteiger partial charge on any atom is -0.385 e. The summed E-state index contributed by atoms with van der Waals surface area (Å²) in [5, 5.41) is 2.88. The van der Waals surface area contributed by atoms with Gasteiger partial charge in [-0.05, 0) is 50.7 Å². The van der Waals surface area contributed by atoms with Crippen molar-refractivity contribution in [3.63, 3.8) is 0 Å². The lowest BCUT2D eigenvalue weighted by atomic mass is 9.94. The number of carbonyl (C=O) groups excluding carboxylic acids is 1. The van der Waals surface area contributed by atoms with Crippen LogP contribution in [0.25, 0.3) is 0 Å². The summed E-state index contributed by atoms with van der Waals surface area (Å²) in [5.41, 5.74) is 1.04. The Kier molecular flexibility index (Phi) is 8.06. The largest absolute Gasteiger partial charge is 0.385 e. The summed E-state index contributed by atoms with van der Waals surface area (Å²) in [7, 11) is -1.81. The smallest absolute Gasteiger partial charge is 0.243 e. The molecule has 0 aliphatic carbocycles. The van der Waals surface area contributed by atoms with Gasteiger partial charge in [0, 0.05) is 39.8 Å². The van der Waals surface area contributed by atoms with Gasteiger partial charge < -0.3 is 10.1 Å². The first kappa shape index (κ1) is 20.9. The van der Waals surface area contributed by atoms with Crippen molar-refractivity contribution < 1.29 is 17.9 Å². The number of carbonyl (C=O) groups is 1. The Balaban J connectivity index is 1.84. The zero-order chi connectivity index (χ0) is 19.0. The van der Waals surface area contributed by atoms with E-state index in [2.05, 4.69) is 5.32 Å². The third-order valence-corrected chi connectivity index (χ3v) is 6.65. The van der Waals surface area contributed by atoms with Crippen molar-refractivity contribution in [2.45, 2.75) is 43.9 Å². The summed E-state index contributed by atoms with van der Waals surface area (Å²) in [6.07, 6.45) is 3.77. The number of piperidine rings is 1. The van der Waals surface area contributed by atoms with Gasteiger partial charge in [0.2, 0.25) is 15.9 Å². The fraction of sp³-hybridized carbons (Fsp3) is 0.632. The first-order chi connectivity index (χ1) is 12.4. The van der Waals surface area contributed by atoms with Crippen LogP contribution in [0.1, 0.15) is 37.7 Å². The topological polar surface area (TPSA) is 75.7 Å². The number of nitrogens with one attached hydrogen (secondary N) is 1. The highest BCUT2D eigenvalue weighted by Gasteiger charge is 2.30. The van der Waals surface area contributed by atoms with Gasteiger partial charge in [0.1, 0.15) is 0 Å². The zero-order valence-corrected chi connectivity index (χ0v) is 16.6. The molecule has 146 valence electrons. The van der Waals surface area contributed by atoms with Crippen LogP contribution >= 0.6 is 0 Å². The molecule has 1 atom stereocenters. The molecule has 0 saturated carbocycles. The average molecular weight is 383 g/mol. The van der Waals surface area contributed by atoms with Crippen molar-refractivity contribution in [1.29, 1.82) is 0 Å². The van der Waals surface area contributed by atoms with E-state index in [1.54, 1.807) is 23.5 Å². The maximum Gasteiger partial charge on any atom is 0.243 e. The number of hydrogen-bond acceptors (Lipinski definition) is 4. The van der Waals surface area contributed by atoms with Crippen molar-refractivity contribution in [2.24, 2.45) is 5.92 Å². The lowest BCUT2D eigenvalue weighted by molar-refractivity contribution is -0.121. The first-order valence-corrected chi connectivity index (χ1v) is 10.7. The molecule has 1 N–H and O–H groups in total. The molecule has 0 radical (unpaired) electrons. The van der Waals surface area contributed by atoms with Crippen molar-refractivity contribution in [2.75, 3.05) is 33.4 Å². The van der Waals surface area contributed by atoms with Crippen molar-refractivity contribution >= 4 is 15.9 Å². The fourth-order valence-electron chi connectivity index (χ4n) is 3.21. The number of rotatable bonds is 9. The highest BCUT2D eigenvalue weighted by molar-refractivity contribution is 7.89. The normalized spacial score (nSPS) is 18.6. The molecular formula is C19H30N2O4S. The number of sulfonamides is 1. The Hall–Kier alpha value is -1.44. The maximum absolute atomic E-state index is 12.8. The molecule has 26 heavy (non-hydrogen) atoms. The van der Waals surface area contributed by atoms with E-state index in [1.165, 1.54) is 0 Å². The molecule has 1 fully saturated rings. The minimum absolute atomic E-state index is 0.0274. The average Bonchev–Trinajstić information content (AvgIpc) is 2.64. The van der Waals surface area contributed by atoms with E-state index in [4.69, 9.17) is 4.74 Å². The van der Waals surface area contributed by atoms with Gasteiger partial charge in [-0.1, -0.05) is 17.7 Å². The lowest BCUT2D eigenvalue weighted by Gasteiger charge is -2.32. The van der Waals surface area contributed by atoms with E-state index < -0.39 is 10.0 Å². The van der Waals surface area contributed by atoms with E-state index in [1.807, 2.05) is 19.1 Å². The summed E-state index contributed by atoms with van der Waals surface area (Å²) in [4.78, 5) is 12.2. The molecule has 2 rings (SSSR count). The van der Waals surface area contributed by atoms with E-state index in [-0.39, 0.29) is 11.8 Å². The summed E-state index contributed by atoms with van der Waals surface area (Å²) in [6.45, 7) is 4.23. The van der Waals surface area contributed by atoms with Crippen molar-refractivity contribution in [1.82, 2.24) is 9.62 Å². The van der Waals surface area contributed by atoms with Crippen LogP contribution in [0.3, 0.4) is 0 Å². The third kappa shape index (κ3) is 6.07. The highest BCUT2D eigenvalue weighted by Crippen LogP contribution is 2.26. The molecule has 7 heteroatoms. The number of amides is 1. The molecule has 1 amide bonds. The van der Waals surface area contributed by atoms with Gasteiger partial charge in [-0.3, -0.25) is 4.79 Å². The summed E-state index contributed by atoms with van der Waals surface area (Å²) in [6, 6.07) is 6.98. The van der Waals surface area contributed by atoms with Gasteiger partial charge in [-0.2, -0.15) is 4.31 Å². The Morgan fingerprint density at radius 1 is 1.31 bits per heavy atom. The molecule has 1 heterocycles. The van der Waals surface area contributed by atoms with Crippen molar-refractivity contribution in [3.8, 4) is 0 Å². The zero-order valence-electron chi connectivity index (χ0n) is 15.7. The monoisotopic (exact) mass is 382 g/mol. The van der Waals surface area contributed by atoms with Crippen LogP contribution in [0.4, 0.5) is 0 Å². The first-order valence-electron chi connectivity index (χ1n) is 9.26. The van der Waals surface area contributed by atoms with Gasteiger partial charge in [-0.15, -0.1) is 0 Å². The molecule has 6 nitrogen and oxygen atoms in total. The van der Waals surface area contributed by atoms with Crippen LogP contribution in [0.15, 0.2) is 29.2 Å². The van der Waals surface area contributed by atoms with Gasteiger partial charge >= 0.3 is 0 Å². The van der Waals surface area contributed by atoms with Gasteiger partial charge in [0.25, 0.3) is 0 Å². The lowest BCUT2D eigenvalue weighted by Crippen LogP contribution is -2.40. The van der Waals surface area contributed by atoms with E-state index in [0.29, 0.717) is 37.6 Å². The summed E-state index contributed by atoms with van der Waals surface area (Å²) in [5.74, 6) is 0.258. The predicted octanol–water partition coefficient (Wildman–Crippen LogP) is 2.33. The summed E-state index contributed by atoms with van der Waals surface area (Å²) >= 11 is 0. The second kappa shape index (κ2) is 10.0. The van der Waals surface area contributed by atoms with Crippen molar-refractivity contribution in [3.05, 3.63) is 29.8 Å². The molecule has 1 unspecified atom stereocenters. The number of nitrogens with zero attached hydrogens (tertiary/aromatic N) is 1. The predicted molar refractivity (Wildman–Crippen MR) is 101 cm³/mol. The molecule has 0 aromatic heterocycles. The van der Waals surface area contributed by atoms with Crippen LogP contribution in [0, 0.1) is 12.8 Å². The summed E-state index contributed by atoms with van der Waals surface area (Å²) < 4.78 is 32.2. The van der Waals surface area contributed by atoms with Crippen LogP contribution in [0.2, 0.25) is 0 Å². The molecule has 1 aromatic carbocycles. The molecule has 0 bridgehead atoms. The van der Waals surface area contributed by atoms with E-state index in [0.717, 1.165) is 31.2 Å². The molecule has 1 aliphatic heterocycles. The van der Waals surface area contributed by atoms with Gasteiger partial charge in [0.05, 0.1) is 4.90 Å². The van der Waals surface area contributed by atoms with E-state index >= 15 is 0 Å². The molecule has 1 aliphatic rings. The van der Waals surface area contributed by atoms with Crippen LogP contribution in [0.5, 0.6) is 0 Å². The standard InChI is InChI=1S/C19H30N2O4S/c1-16-6-9-18(10-7-16)26(23,24)21-13-3-5-17(15-21)8-11-19(22)20-12-4-14-25-2/h6-7,9-10,17H,3-5,8,11-15H2,1-2H3,(H,20,22). The fourth-order valence-corrected chi connectivity index (χ4v) is 4.76. The second-order valence-corrected chi connectivity index (χ2v) is 8.86. The number of benzene rings is 1. The number of hydrogen-bond donors (Lipinski definition) is 1. The number of ether oxygens (including phenoxy) is 1. The SMILES string of the molecule is COCCCNC(=O)CCC1CCCN(S(=O)(=O)c2ccc(C)cc2)C1. The van der Waals surface area contributed by atoms with Crippen LogP contribution < -0.4 is 5.32 Å². The minimum atomic E-state index is -3.45. The van der Waals surface area contributed by atoms with Gasteiger partial charge in [0.15, 0.2) is 0 Å². The maximum atomic E-state index is 12.8. The molecule has 1 saturated heterocycles. The van der Waals surface area contributed by atoms with Crippen LogP contribution in [-0.4, -0.2) is 52.0 Å². The second-order valence-electron chi connectivity index (χ2n) is 6.92.